The number of amides is 1. The van der Waals surface area contributed by atoms with Crippen molar-refractivity contribution in [1.29, 1.82) is 0 Å². The molecule has 1 N–H and O–H groups in total. The van der Waals surface area contributed by atoms with Gasteiger partial charge in [0, 0.05) is 34.4 Å². The monoisotopic (exact) mass is 296 g/mol. The molecule has 2 rings (SSSR count). The number of benzene rings is 1. The van der Waals surface area contributed by atoms with E-state index >= 15 is 0 Å². The molecular formula is C14H20N2O3S. The molecule has 5 nitrogen and oxygen atoms in total. The van der Waals surface area contributed by atoms with Gasteiger partial charge in [0.15, 0.2) is 0 Å². The molecule has 1 amide bonds. The van der Waals surface area contributed by atoms with Crippen LogP contribution < -0.4 is 10.1 Å². The van der Waals surface area contributed by atoms with Gasteiger partial charge in [-0.25, -0.2) is 0 Å². The fraction of sp³-hybridized carbons (Fsp3) is 0.500. The van der Waals surface area contributed by atoms with Crippen LogP contribution in [0.1, 0.15) is 18.7 Å². The van der Waals surface area contributed by atoms with Crippen LogP contribution in [0.25, 0.3) is 0 Å². The van der Waals surface area contributed by atoms with E-state index in [0.717, 1.165) is 11.3 Å². The van der Waals surface area contributed by atoms with E-state index in [1.54, 1.807) is 12.0 Å². The Balaban J connectivity index is 2.17. The quantitative estimate of drug-likeness (QED) is 0.847. The molecule has 110 valence electrons. The number of hydrogen-bond acceptors (Lipinski definition) is 4. The minimum absolute atomic E-state index is 0.0361. The van der Waals surface area contributed by atoms with Gasteiger partial charge in [-0.05, 0) is 6.07 Å². The van der Waals surface area contributed by atoms with Crippen LogP contribution in [0.15, 0.2) is 24.3 Å². The van der Waals surface area contributed by atoms with Gasteiger partial charge in [0.25, 0.3) is 0 Å². The predicted octanol–water partition coefficient (Wildman–Crippen LogP) is 0.894. The van der Waals surface area contributed by atoms with Crippen molar-refractivity contribution in [2.24, 2.45) is 0 Å². The van der Waals surface area contributed by atoms with Gasteiger partial charge >= 0.3 is 0 Å². The average molecular weight is 296 g/mol. The molecule has 2 unspecified atom stereocenters. The summed E-state index contributed by atoms with van der Waals surface area (Å²) >= 11 is 0. The van der Waals surface area contributed by atoms with Crippen LogP contribution >= 0.6 is 0 Å². The van der Waals surface area contributed by atoms with Crippen molar-refractivity contribution < 1.29 is 13.7 Å². The second-order valence-corrected chi connectivity index (χ2v) is 6.41. The van der Waals surface area contributed by atoms with Crippen molar-refractivity contribution in [2.75, 3.05) is 31.7 Å². The third-order valence-electron chi connectivity index (χ3n) is 3.39. The molecule has 0 saturated carbocycles. The standard InChI is InChI=1S/C14H20N2O3S/c1-3-20(18)9-8-16-13(17)10-15-14(16)11-6-4-5-7-12(11)19-2/h4-7,14-15H,3,8-10H2,1-2H3. The van der Waals surface area contributed by atoms with Crippen LogP contribution in [0.4, 0.5) is 0 Å². The van der Waals surface area contributed by atoms with Crippen LogP contribution in [0, 0.1) is 0 Å². The number of carbonyl (C=O) groups excluding carboxylic acids is 1. The Morgan fingerprint density at radius 1 is 1.45 bits per heavy atom. The molecule has 1 heterocycles. The zero-order chi connectivity index (χ0) is 14.5. The van der Waals surface area contributed by atoms with Gasteiger partial charge in [-0.3, -0.25) is 14.3 Å². The maximum Gasteiger partial charge on any atom is 0.238 e. The van der Waals surface area contributed by atoms with E-state index < -0.39 is 10.8 Å². The first-order valence-corrected chi connectivity index (χ1v) is 8.17. The molecule has 6 heteroatoms. The molecule has 0 bridgehead atoms. The zero-order valence-electron chi connectivity index (χ0n) is 11.8. The topological polar surface area (TPSA) is 58.6 Å². The fourth-order valence-corrected chi connectivity index (χ4v) is 3.00. The van der Waals surface area contributed by atoms with Crippen molar-refractivity contribution in [3.05, 3.63) is 29.8 Å². The highest BCUT2D eigenvalue weighted by atomic mass is 32.2. The summed E-state index contributed by atoms with van der Waals surface area (Å²) in [5, 5.41) is 3.19. The zero-order valence-corrected chi connectivity index (χ0v) is 12.6. The third kappa shape index (κ3) is 3.19. The molecule has 1 fully saturated rings. The summed E-state index contributed by atoms with van der Waals surface area (Å²) in [5.41, 5.74) is 0.933. The van der Waals surface area contributed by atoms with Gasteiger partial charge in [-0.2, -0.15) is 0 Å². The largest absolute Gasteiger partial charge is 0.496 e. The Morgan fingerprint density at radius 2 is 2.20 bits per heavy atom. The molecule has 0 radical (unpaired) electrons. The summed E-state index contributed by atoms with van der Waals surface area (Å²) in [6, 6.07) is 7.64. The Kier molecular flexibility index (Phi) is 5.14. The van der Waals surface area contributed by atoms with Crippen molar-refractivity contribution in [3.63, 3.8) is 0 Å². The molecule has 1 aliphatic heterocycles. The number of methoxy groups -OCH3 is 1. The molecule has 0 aromatic heterocycles. The summed E-state index contributed by atoms with van der Waals surface area (Å²) in [6.45, 7) is 2.69. The van der Waals surface area contributed by atoms with Crippen LogP contribution in [-0.4, -0.2) is 46.7 Å². The highest BCUT2D eigenvalue weighted by Gasteiger charge is 2.32. The van der Waals surface area contributed by atoms with Gasteiger partial charge in [0.05, 0.1) is 13.7 Å². The lowest BCUT2D eigenvalue weighted by molar-refractivity contribution is -0.127. The summed E-state index contributed by atoms with van der Waals surface area (Å²) in [6.07, 6.45) is -0.201. The van der Waals surface area contributed by atoms with Gasteiger partial charge in [0.2, 0.25) is 5.91 Å². The Labute approximate surface area is 121 Å². The first-order chi connectivity index (χ1) is 9.67. The third-order valence-corrected chi connectivity index (χ3v) is 4.68. The van der Waals surface area contributed by atoms with E-state index in [0.29, 0.717) is 24.6 Å². The average Bonchev–Trinajstić information content (AvgIpc) is 2.85. The maximum absolute atomic E-state index is 12.0. The lowest BCUT2D eigenvalue weighted by Gasteiger charge is -2.25. The summed E-state index contributed by atoms with van der Waals surface area (Å²) in [4.78, 5) is 13.7. The number of carbonyl (C=O) groups is 1. The Hall–Kier alpha value is -1.40. The lowest BCUT2D eigenvalue weighted by Crippen LogP contribution is -2.34. The molecular weight excluding hydrogens is 276 g/mol. The SMILES string of the molecule is CCS(=O)CCN1C(=O)CNC1c1ccccc1OC. The van der Waals surface area contributed by atoms with Crippen molar-refractivity contribution in [2.45, 2.75) is 13.1 Å². The lowest BCUT2D eigenvalue weighted by atomic mass is 10.1. The van der Waals surface area contributed by atoms with E-state index in [1.807, 2.05) is 31.2 Å². The maximum atomic E-state index is 12.0. The highest BCUT2D eigenvalue weighted by Crippen LogP contribution is 2.29. The van der Waals surface area contributed by atoms with Crippen LogP contribution in [0.2, 0.25) is 0 Å². The second-order valence-electron chi connectivity index (χ2n) is 4.55. The minimum atomic E-state index is -0.869. The van der Waals surface area contributed by atoms with Crippen molar-refractivity contribution >= 4 is 16.7 Å². The summed E-state index contributed by atoms with van der Waals surface area (Å²) in [5.74, 6) is 1.92. The molecule has 1 aromatic rings. The van der Waals surface area contributed by atoms with E-state index in [4.69, 9.17) is 4.74 Å². The molecule has 1 aromatic carbocycles. The number of nitrogens with zero attached hydrogens (tertiary/aromatic N) is 1. The van der Waals surface area contributed by atoms with Crippen molar-refractivity contribution in [3.8, 4) is 5.75 Å². The molecule has 0 aliphatic carbocycles. The molecule has 20 heavy (non-hydrogen) atoms. The molecule has 1 aliphatic rings. The molecule has 1 saturated heterocycles. The van der Waals surface area contributed by atoms with Gasteiger partial charge < -0.3 is 9.64 Å². The van der Waals surface area contributed by atoms with Crippen LogP contribution in [-0.2, 0) is 15.6 Å². The van der Waals surface area contributed by atoms with Crippen molar-refractivity contribution in [1.82, 2.24) is 10.2 Å². The fourth-order valence-electron chi connectivity index (χ4n) is 2.31. The van der Waals surface area contributed by atoms with E-state index in [1.165, 1.54) is 0 Å². The smallest absolute Gasteiger partial charge is 0.238 e. The summed E-state index contributed by atoms with van der Waals surface area (Å²) < 4.78 is 16.9. The number of nitrogens with one attached hydrogen (secondary N) is 1. The first kappa shape index (κ1) is 15.0. The Morgan fingerprint density at radius 3 is 2.90 bits per heavy atom. The van der Waals surface area contributed by atoms with Crippen LogP contribution in [0.3, 0.4) is 0 Å². The second kappa shape index (κ2) is 6.85. The van der Waals surface area contributed by atoms with Gasteiger partial charge in [-0.1, -0.05) is 25.1 Å². The highest BCUT2D eigenvalue weighted by molar-refractivity contribution is 7.84. The van der Waals surface area contributed by atoms with E-state index in [9.17, 15) is 9.00 Å². The van der Waals surface area contributed by atoms with E-state index in [2.05, 4.69) is 5.32 Å². The number of para-hydroxylation sites is 1. The number of hydrogen-bond donors (Lipinski definition) is 1. The molecule has 2 atom stereocenters. The number of ether oxygens (including phenoxy) is 1. The summed E-state index contributed by atoms with van der Waals surface area (Å²) in [7, 11) is 0.748. The Bertz CT molecular complexity index is 507. The normalized spacial score (nSPS) is 20.2. The van der Waals surface area contributed by atoms with Gasteiger partial charge in [0.1, 0.15) is 11.9 Å². The number of rotatable bonds is 6. The van der Waals surface area contributed by atoms with Crippen LogP contribution in [0.5, 0.6) is 5.75 Å². The predicted molar refractivity (Wildman–Crippen MR) is 79.0 cm³/mol. The first-order valence-electron chi connectivity index (χ1n) is 6.68. The van der Waals surface area contributed by atoms with E-state index in [-0.39, 0.29) is 12.1 Å². The molecule has 0 spiro atoms. The van der Waals surface area contributed by atoms with Gasteiger partial charge in [-0.15, -0.1) is 0 Å². The minimum Gasteiger partial charge on any atom is -0.496 e.